The van der Waals surface area contributed by atoms with Crippen LogP contribution in [-0.2, 0) is 4.79 Å². The third kappa shape index (κ3) is 2.34. The van der Waals surface area contributed by atoms with Crippen molar-refractivity contribution in [3.8, 4) is 6.07 Å². The van der Waals surface area contributed by atoms with Crippen LogP contribution < -0.4 is 0 Å². The Morgan fingerprint density at radius 1 is 1.42 bits per heavy atom. The summed E-state index contributed by atoms with van der Waals surface area (Å²) in [6.45, 7) is -0.386. The zero-order valence-corrected chi connectivity index (χ0v) is 10.4. The smallest absolute Gasteiger partial charge is 0.212 e. The summed E-state index contributed by atoms with van der Waals surface area (Å²) in [4.78, 5) is 22.5. The molecule has 0 aliphatic heterocycles. The summed E-state index contributed by atoms with van der Waals surface area (Å²) in [6, 6.07) is 10.9. The number of benzene rings is 1. The molecule has 1 aliphatic carbocycles. The minimum absolute atomic E-state index is 0.161. The highest BCUT2D eigenvalue weighted by Gasteiger charge is 2.51. The van der Waals surface area contributed by atoms with Crippen LogP contribution in [0.25, 0.3) is 0 Å². The molecule has 5 nitrogen and oxygen atoms in total. The monoisotopic (exact) mass is 258 g/mol. The second kappa shape index (κ2) is 5.19. The van der Waals surface area contributed by atoms with Gasteiger partial charge < -0.3 is 0 Å². The van der Waals surface area contributed by atoms with Gasteiger partial charge >= 0.3 is 0 Å². The van der Waals surface area contributed by atoms with E-state index in [4.69, 9.17) is 0 Å². The van der Waals surface area contributed by atoms with Gasteiger partial charge in [0.1, 0.15) is 5.41 Å². The largest absolute Gasteiger partial charge is 0.298 e. The zero-order chi connectivity index (χ0) is 13.9. The van der Waals surface area contributed by atoms with Gasteiger partial charge in [0, 0.05) is 11.3 Å². The molecule has 19 heavy (non-hydrogen) atoms. The predicted molar refractivity (Wildman–Crippen MR) is 67.9 cm³/mol. The lowest BCUT2D eigenvalue weighted by atomic mass is 9.71. The number of hydrogen-bond acceptors (Lipinski definition) is 4. The number of ketones is 1. The Bertz CT molecular complexity index is 535. The van der Waals surface area contributed by atoms with Crippen molar-refractivity contribution in [2.24, 2.45) is 5.41 Å². The van der Waals surface area contributed by atoms with Gasteiger partial charge in [-0.1, -0.05) is 30.3 Å². The van der Waals surface area contributed by atoms with E-state index in [9.17, 15) is 20.2 Å². The van der Waals surface area contributed by atoms with Gasteiger partial charge in [0.2, 0.25) is 6.54 Å². The summed E-state index contributed by atoms with van der Waals surface area (Å²) >= 11 is 0. The first-order valence-corrected chi connectivity index (χ1v) is 6.21. The predicted octanol–water partition coefficient (Wildman–Crippen LogP) is 2.31. The van der Waals surface area contributed by atoms with Gasteiger partial charge in [-0.15, -0.1) is 0 Å². The Morgan fingerprint density at radius 2 is 2.11 bits per heavy atom. The van der Waals surface area contributed by atoms with Crippen LogP contribution in [0.5, 0.6) is 0 Å². The van der Waals surface area contributed by atoms with E-state index in [1.54, 1.807) is 24.3 Å². The second-order valence-corrected chi connectivity index (χ2v) is 4.84. The lowest BCUT2D eigenvalue weighted by Crippen LogP contribution is -2.35. The molecule has 1 aliphatic rings. The number of nitro groups is 1. The third-order valence-corrected chi connectivity index (χ3v) is 3.80. The molecule has 0 bridgehead atoms. The Kier molecular flexibility index (Phi) is 3.61. The lowest BCUT2D eigenvalue weighted by Gasteiger charge is -2.27. The maximum Gasteiger partial charge on any atom is 0.212 e. The molecular weight excluding hydrogens is 244 g/mol. The van der Waals surface area contributed by atoms with E-state index in [1.165, 1.54) is 0 Å². The summed E-state index contributed by atoms with van der Waals surface area (Å²) in [5, 5.41) is 20.3. The standard InChI is InChI=1S/C14H14N2O3/c15-10-14(8-4-7-13(14)17)12(9-16(18)19)11-5-2-1-3-6-11/h1-3,5-6,12H,4,7-9H2/t12-,14+/m1/s1. The van der Waals surface area contributed by atoms with Crippen molar-refractivity contribution in [3.05, 3.63) is 46.0 Å². The number of hydrogen-bond donors (Lipinski definition) is 0. The zero-order valence-electron chi connectivity index (χ0n) is 10.4. The fourth-order valence-electron chi connectivity index (χ4n) is 2.84. The minimum Gasteiger partial charge on any atom is -0.298 e. The Morgan fingerprint density at radius 3 is 2.58 bits per heavy atom. The summed E-state index contributed by atoms with van der Waals surface area (Å²) in [5.74, 6) is -0.825. The summed E-state index contributed by atoms with van der Waals surface area (Å²) < 4.78 is 0. The molecule has 0 aromatic heterocycles. The van der Waals surface area contributed by atoms with Crippen LogP contribution in [0.1, 0.15) is 30.7 Å². The van der Waals surface area contributed by atoms with Crippen LogP contribution in [0.2, 0.25) is 0 Å². The van der Waals surface area contributed by atoms with Crippen molar-refractivity contribution in [1.29, 1.82) is 5.26 Å². The minimum atomic E-state index is -1.23. The molecule has 0 N–H and O–H groups in total. The van der Waals surface area contributed by atoms with Crippen LogP contribution in [0.3, 0.4) is 0 Å². The van der Waals surface area contributed by atoms with Crippen molar-refractivity contribution in [2.75, 3.05) is 6.54 Å². The molecule has 0 amide bonds. The SMILES string of the molecule is N#C[C@]1([C@H](C[N+](=O)[O-])c2ccccc2)CCCC1=O. The molecule has 2 atom stereocenters. The summed E-state index contributed by atoms with van der Waals surface area (Å²) in [6.07, 6.45) is 1.39. The van der Waals surface area contributed by atoms with E-state index in [-0.39, 0.29) is 12.3 Å². The normalized spacial score (nSPS) is 23.8. The van der Waals surface area contributed by atoms with E-state index >= 15 is 0 Å². The number of rotatable bonds is 4. The first-order chi connectivity index (χ1) is 9.10. The van der Waals surface area contributed by atoms with Gasteiger partial charge in [0.25, 0.3) is 0 Å². The highest BCUT2D eigenvalue weighted by molar-refractivity contribution is 5.90. The second-order valence-electron chi connectivity index (χ2n) is 4.84. The van der Waals surface area contributed by atoms with E-state index in [0.717, 1.165) is 0 Å². The molecule has 5 heteroatoms. The summed E-state index contributed by atoms with van der Waals surface area (Å²) in [5.41, 5.74) is -0.537. The highest BCUT2D eigenvalue weighted by Crippen LogP contribution is 2.46. The van der Waals surface area contributed by atoms with Gasteiger partial charge in [-0.25, -0.2) is 0 Å². The highest BCUT2D eigenvalue weighted by atomic mass is 16.6. The molecule has 2 rings (SSSR count). The first kappa shape index (κ1) is 13.2. The van der Waals surface area contributed by atoms with Crippen LogP contribution in [0.15, 0.2) is 30.3 Å². The number of carbonyl (C=O) groups excluding carboxylic acids is 1. The van der Waals surface area contributed by atoms with Crippen molar-refractivity contribution >= 4 is 5.78 Å². The number of Topliss-reactive ketones (excluding diaryl/α,β-unsaturated/α-hetero) is 1. The summed E-state index contributed by atoms with van der Waals surface area (Å²) in [7, 11) is 0. The molecule has 1 aromatic carbocycles. The van der Waals surface area contributed by atoms with Crippen molar-refractivity contribution in [1.82, 2.24) is 0 Å². The topological polar surface area (TPSA) is 84.0 Å². The van der Waals surface area contributed by atoms with E-state index in [0.29, 0.717) is 24.8 Å². The average Bonchev–Trinajstić information content (AvgIpc) is 2.79. The Hall–Kier alpha value is -2.22. The van der Waals surface area contributed by atoms with Crippen LogP contribution in [-0.4, -0.2) is 17.3 Å². The number of nitrogens with zero attached hydrogens (tertiary/aromatic N) is 2. The number of carbonyl (C=O) groups is 1. The van der Waals surface area contributed by atoms with Crippen molar-refractivity contribution in [3.63, 3.8) is 0 Å². The fourth-order valence-corrected chi connectivity index (χ4v) is 2.84. The maximum absolute atomic E-state index is 12.1. The van der Waals surface area contributed by atoms with Gasteiger partial charge in [-0.2, -0.15) is 5.26 Å². The molecule has 1 fully saturated rings. The lowest BCUT2D eigenvalue weighted by molar-refractivity contribution is -0.485. The van der Waals surface area contributed by atoms with Crippen molar-refractivity contribution in [2.45, 2.75) is 25.2 Å². The van der Waals surface area contributed by atoms with Gasteiger partial charge in [-0.3, -0.25) is 14.9 Å². The molecule has 1 saturated carbocycles. The number of nitriles is 1. The Balaban J connectivity index is 2.46. The molecule has 0 heterocycles. The van der Waals surface area contributed by atoms with E-state index in [2.05, 4.69) is 6.07 Å². The van der Waals surface area contributed by atoms with Crippen LogP contribution >= 0.6 is 0 Å². The van der Waals surface area contributed by atoms with Gasteiger partial charge in [-0.05, 0) is 18.4 Å². The molecule has 0 unspecified atom stereocenters. The van der Waals surface area contributed by atoms with E-state index in [1.807, 2.05) is 6.07 Å². The fraction of sp³-hybridized carbons (Fsp3) is 0.429. The molecule has 98 valence electrons. The molecule has 0 saturated heterocycles. The van der Waals surface area contributed by atoms with Crippen molar-refractivity contribution < 1.29 is 9.72 Å². The quantitative estimate of drug-likeness (QED) is 0.612. The first-order valence-electron chi connectivity index (χ1n) is 6.21. The maximum atomic E-state index is 12.1. The Labute approximate surface area is 111 Å². The molecular formula is C14H14N2O3. The van der Waals surface area contributed by atoms with E-state index < -0.39 is 16.3 Å². The molecule has 1 aromatic rings. The van der Waals surface area contributed by atoms with Gasteiger partial charge in [0.05, 0.1) is 12.0 Å². The molecule has 0 spiro atoms. The average molecular weight is 258 g/mol. The molecule has 0 radical (unpaired) electrons. The van der Waals surface area contributed by atoms with Crippen LogP contribution in [0.4, 0.5) is 0 Å². The third-order valence-electron chi connectivity index (χ3n) is 3.80. The van der Waals surface area contributed by atoms with Crippen LogP contribution in [0, 0.1) is 26.9 Å². The van der Waals surface area contributed by atoms with Gasteiger partial charge in [0.15, 0.2) is 5.78 Å².